The molecular weight excluding hydrogens is 234 g/mol. The molecule has 92 valence electrons. The van der Waals surface area contributed by atoms with Crippen LogP contribution in [0.5, 0.6) is 0 Å². The molecule has 1 N–H and O–H groups in total. The lowest BCUT2D eigenvalue weighted by Gasteiger charge is -2.21. The molecule has 1 saturated heterocycles. The summed E-state index contributed by atoms with van der Waals surface area (Å²) in [5.74, 6) is 0. The van der Waals surface area contributed by atoms with Gasteiger partial charge in [0.1, 0.15) is 12.9 Å². The van der Waals surface area contributed by atoms with E-state index in [0.717, 1.165) is 11.3 Å². The van der Waals surface area contributed by atoms with Crippen LogP contribution in [0.2, 0.25) is 0 Å². The number of nitrogens with one attached hydrogen (secondary N) is 1. The summed E-state index contributed by atoms with van der Waals surface area (Å²) in [6.45, 7) is 2.22. The Bertz CT molecular complexity index is 583. The average Bonchev–Trinajstić information content (AvgIpc) is 3.00. The number of tetrazole rings is 1. The van der Waals surface area contributed by atoms with E-state index in [0.29, 0.717) is 6.61 Å². The van der Waals surface area contributed by atoms with Gasteiger partial charge in [-0.2, -0.15) is 0 Å². The van der Waals surface area contributed by atoms with Crippen molar-refractivity contribution < 1.29 is 9.53 Å². The molecule has 1 aliphatic heterocycles. The van der Waals surface area contributed by atoms with Gasteiger partial charge < -0.3 is 10.1 Å². The van der Waals surface area contributed by atoms with E-state index >= 15 is 0 Å². The fourth-order valence-corrected chi connectivity index (χ4v) is 1.93. The highest BCUT2D eigenvalue weighted by atomic mass is 16.6. The monoisotopic (exact) mass is 245 g/mol. The van der Waals surface area contributed by atoms with Crippen molar-refractivity contribution in [3.8, 4) is 5.69 Å². The molecule has 0 bridgehead atoms. The molecule has 0 radical (unpaired) electrons. The molecule has 1 aliphatic rings. The topological polar surface area (TPSA) is 81.9 Å². The van der Waals surface area contributed by atoms with Gasteiger partial charge >= 0.3 is 6.09 Å². The van der Waals surface area contributed by atoms with Crippen LogP contribution in [0.25, 0.3) is 5.69 Å². The van der Waals surface area contributed by atoms with Crippen molar-refractivity contribution in [1.29, 1.82) is 0 Å². The fraction of sp³-hybridized carbons (Fsp3) is 0.273. The smallest absolute Gasteiger partial charge is 0.408 e. The van der Waals surface area contributed by atoms with E-state index in [-0.39, 0.29) is 0 Å². The molecule has 7 heteroatoms. The van der Waals surface area contributed by atoms with E-state index in [1.165, 1.54) is 6.33 Å². The van der Waals surface area contributed by atoms with Crippen molar-refractivity contribution in [2.45, 2.75) is 12.5 Å². The number of aromatic nitrogens is 4. The zero-order chi connectivity index (χ0) is 12.6. The van der Waals surface area contributed by atoms with Gasteiger partial charge in [0.2, 0.25) is 0 Å². The van der Waals surface area contributed by atoms with Crippen molar-refractivity contribution in [1.82, 2.24) is 25.5 Å². The van der Waals surface area contributed by atoms with Crippen molar-refractivity contribution in [3.63, 3.8) is 0 Å². The minimum absolute atomic E-state index is 0.310. The van der Waals surface area contributed by atoms with Crippen molar-refractivity contribution in [3.05, 3.63) is 36.2 Å². The lowest BCUT2D eigenvalue weighted by molar-refractivity contribution is 0.173. The van der Waals surface area contributed by atoms with Crippen molar-refractivity contribution in [2.75, 3.05) is 6.61 Å². The summed E-state index contributed by atoms with van der Waals surface area (Å²) in [5, 5.41) is 13.8. The molecule has 1 atom stereocenters. The summed E-state index contributed by atoms with van der Waals surface area (Å²) >= 11 is 0. The van der Waals surface area contributed by atoms with Crippen LogP contribution < -0.4 is 5.32 Å². The third-order valence-electron chi connectivity index (χ3n) is 2.97. The Balaban J connectivity index is 1.99. The van der Waals surface area contributed by atoms with Crippen LogP contribution >= 0.6 is 0 Å². The zero-order valence-electron chi connectivity index (χ0n) is 9.70. The second-order valence-corrected chi connectivity index (χ2v) is 4.34. The first-order chi connectivity index (χ1) is 8.67. The highest BCUT2D eigenvalue weighted by molar-refractivity contribution is 5.71. The predicted octanol–water partition coefficient (Wildman–Crippen LogP) is 0.617. The van der Waals surface area contributed by atoms with Gasteiger partial charge in [-0.15, -0.1) is 5.10 Å². The van der Waals surface area contributed by atoms with E-state index in [1.54, 1.807) is 4.68 Å². The van der Waals surface area contributed by atoms with Crippen LogP contribution in [0.1, 0.15) is 12.5 Å². The molecule has 18 heavy (non-hydrogen) atoms. The van der Waals surface area contributed by atoms with Gasteiger partial charge in [-0.3, -0.25) is 0 Å². The maximum atomic E-state index is 11.2. The largest absolute Gasteiger partial charge is 0.447 e. The molecule has 2 aromatic rings. The van der Waals surface area contributed by atoms with Gasteiger partial charge in [-0.05, 0) is 35.0 Å². The van der Waals surface area contributed by atoms with Gasteiger partial charge in [0.15, 0.2) is 0 Å². The van der Waals surface area contributed by atoms with Gasteiger partial charge in [0.25, 0.3) is 0 Å². The quantitative estimate of drug-likeness (QED) is 0.838. The first-order valence-corrected chi connectivity index (χ1v) is 5.46. The van der Waals surface area contributed by atoms with Crippen LogP contribution in [0, 0.1) is 0 Å². The maximum absolute atomic E-state index is 11.2. The summed E-state index contributed by atoms with van der Waals surface area (Å²) in [7, 11) is 0. The summed E-state index contributed by atoms with van der Waals surface area (Å²) in [5.41, 5.74) is 1.27. The van der Waals surface area contributed by atoms with Crippen LogP contribution in [0.15, 0.2) is 30.6 Å². The van der Waals surface area contributed by atoms with Crippen molar-refractivity contribution in [2.24, 2.45) is 0 Å². The van der Waals surface area contributed by atoms with E-state index in [4.69, 9.17) is 4.74 Å². The second kappa shape index (κ2) is 3.80. The van der Waals surface area contributed by atoms with Gasteiger partial charge in [0, 0.05) is 0 Å². The predicted molar refractivity (Wildman–Crippen MR) is 61.0 cm³/mol. The molecule has 0 spiro atoms. The van der Waals surface area contributed by atoms with Crippen LogP contribution in [-0.2, 0) is 10.3 Å². The number of cyclic esters (lactones) is 1. The SMILES string of the molecule is CC1(c2cccc(-n3cnnn3)c2)COC(=O)N1. The molecule has 1 unspecified atom stereocenters. The van der Waals surface area contributed by atoms with E-state index < -0.39 is 11.6 Å². The number of nitrogens with zero attached hydrogens (tertiary/aromatic N) is 4. The lowest BCUT2D eigenvalue weighted by Crippen LogP contribution is -2.37. The third kappa shape index (κ3) is 1.69. The van der Waals surface area contributed by atoms with Gasteiger partial charge in [-0.25, -0.2) is 9.48 Å². The number of hydrogen-bond acceptors (Lipinski definition) is 5. The molecule has 0 saturated carbocycles. The van der Waals surface area contributed by atoms with E-state index in [2.05, 4.69) is 20.8 Å². The highest BCUT2D eigenvalue weighted by Gasteiger charge is 2.36. The average molecular weight is 245 g/mol. The third-order valence-corrected chi connectivity index (χ3v) is 2.97. The number of benzene rings is 1. The first kappa shape index (κ1) is 10.7. The number of carbonyl (C=O) groups excluding carboxylic acids is 1. The number of ether oxygens (including phenoxy) is 1. The molecule has 1 fully saturated rings. The molecule has 7 nitrogen and oxygen atoms in total. The Kier molecular flexibility index (Phi) is 2.26. The minimum Gasteiger partial charge on any atom is -0.447 e. The Morgan fingerprint density at radius 1 is 1.50 bits per heavy atom. The van der Waals surface area contributed by atoms with Gasteiger partial charge in [0.05, 0.1) is 11.2 Å². The molecule has 1 amide bonds. The number of amides is 1. The summed E-state index contributed by atoms with van der Waals surface area (Å²) in [6, 6.07) is 7.64. The van der Waals surface area contributed by atoms with Crippen LogP contribution in [0.3, 0.4) is 0 Å². The van der Waals surface area contributed by atoms with Crippen LogP contribution in [0.4, 0.5) is 4.79 Å². The fourth-order valence-electron chi connectivity index (χ4n) is 1.93. The number of alkyl carbamates (subject to hydrolysis) is 1. The second-order valence-electron chi connectivity index (χ2n) is 4.34. The molecule has 1 aromatic carbocycles. The molecule has 3 rings (SSSR count). The maximum Gasteiger partial charge on any atom is 0.408 e. The summed E-state index contributed by atoms with van der Waals surface area (Å²) in [4.78, 5) is 11.2. The molecule has 2 heterocycles. The number of hydrogen-bond donors (Lipinski definition) is 1. The molecule has 1 aromatic heterocycles. The molecular formula is C11H11N5O2. The summed E-state index contributed by atoms with van der Waals surface area (Å²) in [6.07, 6.45) is 1.12. The molecule has 0 aliphatic carbocycles. The standard InChI is InChI=1S/C11H11N5O2/c1-11(6-18-10(17)13-11)8-3-2-4-9(5-8)16-7-12-14-15-16/h2-5,7H,6H2,1H3,(H,13,17). The zero-order valence-corrected chi connectivity index (χ0v) is 9.70. The Morgan fingerprint density at radius 2 is 2.39 bits per heavy atom. The Morgan fingerprint density at radius 3 is 3.06 bits per heavy atom. The summed E-state index contributed by atoms with van der Waals surface area (Å²) < 4.78 is 6.52. The number of carbonyl (C=O) groups is 1. The lowest BCUT2D eigenvalue weighted by atomic mass is 9.93. The van der Waals surface area contributed by atoms with Crippen LogP contribution in [-0.4, -0.2) is 32.9 Å². The van der Waals surface area contributed by atoms with Gasteiger partial charge in [-0.1, -0.05) is 12.1 Å². The highest BCUT2D eigenvalue weighted by Crippen LogP contribution is 2.26. The number of rotatable bonds is 2. The van der Waals surface area contributed by atoms with Crippen molar-refractivity contribution >= 4 is 6.09 Å². The Hall–Kier alpha value is -2.44. The van der Waals surface area contributed by atoms with E-state index in [9.17, 15) is 4.79 Å². The Labute approximate surface area is 103 Å². The van der Waals surface area contributed by atoms with E-state index in [1.807, 2.05) is 31.2 Å². The first-order valence-electron chi connectivity index (χ1n) is 5.46. The normalized spacial score (nSPS) is 22.6. The minimum atomic E-state index is -0.513.